The summed E-state index contributed by atoms with van der Waals surface area (Å²) in [7, 11) is 10.2. The van der Waals surface area contributed by atoms with Gasteiger partial charge in [-0.2, -0.15) is 13.2 Å². The lowest BCUT2D eigenvalue weighted by Crippen LogP contribution is -2.48. The first-order valence-electron chi connectivity index (χ1n) is 26.0. The zero-order chi connectivity index (χ0) is 48.8. The summed E-state index contributed by atoms with van der Waals surface area (Å²) in [5, 5.41) is 12.8. The van der Waals surface area contributed by atoms with Gasteiger partial charge in [0.2, 0.25) is 0 Å². The topological polar surface area (TPSA) is 70.8 Å². The minimum absolute atomic E-state index is 0.369. The van der Waals surface area contributed by atoms with Gasteiger partial charge < -0.3 is 40.9 Å². The standard InChI is InChI=1S/C22H31N3.C15H22F3N3.C9H21N3.C8H18N2/c1-23-14-8-9-15-24-16-18-25(19-17-24)22(20-10-4-2-5-11-20)21-12-6-3-7-13-21;1-19-7-2-8-20-9-11-21(12-10-20)14-5-3-13(4-6-14)15(16,17)18;1-10-4-3-5-12-8-6-11(2)7-9-12;1-3-10-6-4-5-8(10)7-9-2/h2-7,10-13,22-23H,8-9,14-19H2,1H3;3-6,19H,2,7-12H2,1H3;10H,3-9H2,1-2H3;8-9H,3-7H2,1-2H3. The Labute approximate surface area is 411 Å². The molecule has 1 unspecified atom stereocenters. The first-order chi connectivity index (χ1) is 33.1. The van der Waals surface area contributed by atoms with Crippen molar-refractivity contribution in [2.45, 2.75) is 63.7 Å². The molecule has 0 radical (unpaired) electrons. The van der Waals surface area contributed by atoms with Gasteiger partial charge in [0.05, 0.1) is 11.6 Å². The number of likely N-dealkylation sites (N-methyl/N-ethyl adjacent to an activating group) is 3. The van der Waals surface area contributed by atoms with Crippen molar-refractivity contribution < 1.29 is 13.2 Å². The molecule has 3 aromatic rings. The van der Waals surface area contributed by atoms with Crippen molar-refractivity contribution in [2.75, 3.05) is 178 Å². The number of piperazine rings is 3. The molecule has 4 fully saturated rings. The third kappa shape index (κ3) is 21.5. The molecule has 0 amide bonds. The molecule has 0 aromatic heterocycles. The Kier molecular flexibility index (Phi) is 28.2. The van der Waals surface area contributed by atoms with Crippen LogP contribution in [-0.4, -0.2) is 208 Å². The van der Waals surface area contributed by atoms with Crippen LogP contribution in [0.4, 0.5) is 18.9 Å². The molecule has 1 atom stereocenters. The van der Waals surface area contributed by atoms with Gasteiger partial charge in [0, 0.05) is 96.8 Å². The van der Waals surface area contributed by atoms with Crippen LogP contribution < -0.4 is 26.2 Å². The Morgan fingerprint density at radius 3 is 1.49 bits per heavy atom. The van der Waals surface area contributed by atoms with Crippen molar-refractivity contribution in [1.29, 1.82) is 0 Å². The maximum atomic E-state index is 12.5. The van der Waals surface area contributed by atoms with Gasteiger partial charge in [-0.1, -0.05) is 67.6 Å². The highest BCUT2D eigenvalue weighted by Gasteiger charge is 2.30. The number of alkyl halides is 3. The summed E-state index contributed by atoms with van der Waals surface area (Å²) in [5.74, 6) is 0. The molecule has 14 heteroatoms. The van der Waals surface area contributed by atoms with E-state index < -0.39 is 11.7 Å². The largest absolute Gasteiger partial charge is 0.416 e. The van der Waals surface area contributed by atoms with Gasteiger partial charge in [-0.05, 0) is 162 Å². The SMILES string of the molecule is CCN1CCCC1CNC.CNCCCCN1CCN(C(c2ccccc2)c2ccccc2)CC1.CNCCCN1CCN(C)CC1.CNCCCN1CCN(c2ccc(C(F)(F)F)cc2)CC1. The smallest absolute Gasteiger partial charge is 0.369 e. The van der Waals surface area contributed by atoms with Crippen LogP contribution >= 0.6 is 0 Å². The molecule has 0 bridgehead atoms. The second kappa shape index (κ2) is 33.4. The minimum atomic E-state index is -4.26. The fourth-order valence-electron chi connectivity index (χ4n) is 9.67. The molecule has 0 aliphatic carbocycles. The van der Waals surface area contributed by atoms with Crippen LogP contribution in [0.15, 0.2) is 84.9 Å². The summed E-state index contributed by atoms with van der Waals surface area (Å²) in [6, 6.07) is 28.5. The summed E-state index contributed by atoms with van der Waals surface area (Å²) in [5.41, 5.74) is 3.09. The van der Waals surface area contributed by atoms with Gasteiger partial charge in [0.25, 0.3) is 0 Å². The number of unbranched alkanes of at least 4 members (excludes halogenated alkanes) is 1. The van der Waals surface area contributed by atoms with Crippen molar-refractivity contribution in [1.82, 2.24) is 50.7 Å². The van der Waals surface area contributed by atoms with Gasteiger partial charge in [-0.25, -0.2) is 0 Å². The average molecular weight is 952 g/mol. The number of nitrogens with zero attached hydrogens (tertiary/aromatic N) is 7. The van der Waals surface area contributed by atoms with E-state index in [1.54, 1.807) is 12.1 Å². The molecule has 68 heavy (non-hydrogen) atoms. The zero-order valence-corrected chi connectivity index (χ0v) is 43.1. The lowest BCUT2D eigenvalue weighted by molar-refractivity contribution is -0.137. The van der Waals surface area contributed by atoms with Crippen molar-refractivity contribution >= 4 is 5.69 Å². The number of rotatable bonds is 20. The Balaban J connectivity index is 0.000000211. The Bertz CT molecular complexity index is 1610. The van der Waals surface area contributed by atoms with Crippen LogP contribution in [0.25, 0.3) is 0 Å². The number of likely N-dealkylation sites (tertiary alicyclic amines) is 1. The van der Waals surface area contributed by atoms with Crippen molar-refractivity contribution in [3.8, 4) is 0 Å². The van der Waals surface area contributed by atoms with Gasteiger partial charge in [-0.15, -0.1) is 0 Å². The third-order valence-electron chi connectivity index (χ3n) is 13.8. The highest BCUT2D eigenvalue weighted by Crippen LogP contribution is 2.31. The molecular formula is C54H92F3N11. The molecule has 0 spiro atoms. The third-order valence-corrected chi connectivity index (χ3v) is 13.8. The van der Waals surface area contributed by atoms with Crippen LogP contribution in [-0.2, 0) is 6.18 Å². The predicted octanol–water partition coefficient (Wildman–Crippen LogP) is 6.36. The van der Waals surface area contributed by atoms with E-state index in [0.717, 1.165) is 102 Å². The Hall–Kier alpha value is -3.15. The Morgan fingerprint density at radius 2 is 1.01 bits per heavy atom. The summed E-state index contributed by atoms with van der Waals surface area (Å²) in [6.45, 7) is 26.0. The van der Waals surface area contributed by atoms with E-state index in [1.807, 2.05) is 28.2 Å². The minimum Gasteiger partial charge on any atom is -0.369 e. The number of nitrogens with one attached hydrogen (secondary N) is 4. The fraction of sp³-hybridized carbons (Fsp3) is 0.667. The van der Waals surface area contributed by atoms with E-state index in [0.29, 0.717) is 6.04 Å². The molecule has 4 aliphatic heterocycles. The predicted molar refractivity (Wildman–Crippen MR) is 281 cm³/mol. The van der Waals surface area contributed by atoms with Crippen LogP contribution in [0.1, 0.15) is 68.2 Å². The molecule has 4 heterocycles. The van der Waals surface area contributed by atoms with Crippen molar-refractivity contribution in [3.63, 3.8) is 0 Å². The molecule has 4 aliphatic rings. The van der Waals surface area contributed by atoms with Crippen LogP contribution in [0.3, 0.4) is 0 Å². The number of hydrogen-bond donors (Lipinski definition) is 4. The highest BCUT2D eigenvalue weighted by molar-refractivity contribution is 5.48. The van der Waals surface area contributed by atoms with Gasteiger partial charge in [-0.3, -0.25) is 14.7 Å². The number of anilines is 1. The molecule has 7 rings (SSSR count). The maximum absolute atomic E-state index is 12.5. The van der Waals surface area contributed by atoms with E-state index >= 15 is 0 Å². The van der Waals surface area contributed by atoms with Crippen molar-refractivity contribution in [2.24, 2.45) is 0 Å². The average Bonchev–Trinajstić information content (AvgIpc) is 3.83. The monoisotopic (exact) mass is 952 g/mol. The normalized spacial score (nSPS) is 19.2. The Morgan fingerprint density at radius 1 is 0.544 bits per heavy atom. The summed E-state index contributed by atoms with van der Waals surface area (Å²) >= 11 is 0. The fourth-order valence-corrected chi connectivity index (χ4v) is 9.67. The maximum Gasteiger partial charge on any atom is 0.416 e. The first kappa shape index (κ1) is 57.4. The second-order valence-electron chi connectivity index (χ2n) is 18.8. The van der Waals surface area contributed by atoms with Crippen molar-refractivity contribution in [3.05, 3.63) is 102 Å². The zero-order valence-electron chi connectivity index (χ0n) is 43.1. The number of benzene rings is 3. The molecular weight excluding hydrogens is 860 g/mol. The van der Waals surface area contributed by atoms with Crippen LogP contribution in [0, 0.1) is 0 Å². The van der Waals surface area contributed by atoms with Crippen LogP contribution in [0.2, 0.25) is 0 Å². The lowest BCUT2D eigenvalue weighted by Gasteiger charge is -2.39. The van der Waals surface area contributed by atoms with Gasteiger partial charge in [0.15, 0.2) is 0 Å². The van der Waals surface area contributed by atoms with E-state index in [9.17, 15) is 13.2 Å². The number of halogens is 3. The molecule has 4 N–H and O–H groups in total. The summed E-state index contributed by atoms with van der Waals surface area (Å²) < 4.78 is 37.6. The van der Waals surface area contributed by atoms with Gasteiger partial charge in [0.1, 0.15) is 0 Å². The van der Waals surface area contributed by atoms with E-state index in [2.05, 4.69) is 130 Å². The lowest BCUT2D eigenvalue weighted by atomic mass is 9.96. The molecule has 3 aromatic carbocycles. The van der Waals surface area contributed by atoms with E-state index in [-0.39, 0.29) is 0 Å². The molecule has 11 nitrogen and oxygen atoms in total. The molecule has 4 saturated heterocycles. The second-order valence-corrected chi connectivity index (χ2v) is 18.8. The van der Waals surface area contributed by atoms with E-state index in [4.69, 9.17) is 0 Å². The van der Waals surface area contributed by atoms with Crippen LogP contribution in [0.5, 0.6) is 0 Å². The van der Waals surface area contributed by atoms with Gasteiger partial charge >= 0.3 is 6.18 Å². The summed E-state index contributed by atoms with van der Waals surface area (Å²) in [6.07, 6.45) is 3.48. The molecule has 384 valence electrons. The van der Waals surface area contributed by atoms with E-state index in [1.165, 1.54) is 109 Å². The first-order valence-corrected chi connectivity index (χ1v) is 26.0. The number of hydrogen-bond acceptors (Lipinski definition) is 11. The highest BCUT2D eigenvalue weighted by atomic mass is 19.4. The molecule has 0 saturated carbocycles. The quantitative estimate of drug-likeness (QED) is 0.0958. The summed E-state index contributed by atoms with van der Waals surface area (Å²) in [4.78, 5) is 17.3.